The van der Waals surface area contributed by atoms with Crippen LogP contribution in [-0.2, 0) is 11.2 Å². The molecule has 0 heterocycles. The quantitative estimate of drug-likeness (QED) is 0.662. The normalized spacial score (nSPS) is 9.83. The average molecular weight is 275 g/mol. The van der Waals surface area contributed by atoms with Gasteiger partial charge in [-0.1, -0.05) is 12.1 Å². The lowest BCUT2D eigenvalue weighted by atomic mass is 10.1. The summed E-state index contributed by atoms with van der Waals surface area (Å²) in [6.45, 7) is 1.57. The Morgan fingerprint density at radius 2 is 2.25 bits per heavy atom. The van der Waals surface area contributed by atoms with E-state index in [9.17, 15) is 4.79 Å². The second-order valence-electron chi connectivity index (χ2n) is 2.69. The largest absolute Gasteiger partial charge is 0.398 e. The Morgan fingerprint density at radius 3 is 2.83 bits per heavy atom. The van der Waals surface area contributed by atoms with Crippen LogP contribution in [0, 0.1) is 3.57 Å². The highest BCUT2D eigenvalue weighted by molar-refractivity contribution is 14.1. The minimum Gasteiger partial charge on any atom is -0.398 e. The van der Waals surface area contributed by atoms with E-state index in [0.29, 0.717) is 6.42 Å². The molecular weight excluding hydrogens is 265 g/mol. The Kier molecular flexibility index (Phi) is 3.08. The van der Waals surface area contributed by atoms with Crippen LogP contribution in [0.15, 0.2) is 18.2 Å². The highest BCUT2D eigenvalue weighted by Gasteiger charge is 2.03. The van der Waals surface area contributed by atoms with Gasteiger partial charge >= 0.3 is 0 Å². The van der Waals surface area contributed by atoms with Crippen molar-refractivity contribution in [1.29, 1.82) is 0 Å². The maximum absolute atomic E-state index is 10.8. The van der Waals surface area contributed by atoms with Gasteiger partial charge in [0.1, 0.15) is 5.78 Å². The smallest absolute Gasteiger partial charge is 0.134 e. The van der Waals surface area contributed by atoms with Gasteiger partial charge < -0.3 is 5.73 Å². The first kappa shape index (κ1) is 9.51. The molecule has 0 bridgehead atoms. The number of Topliss-reactive ketones (excluding diaryl/α,β-unsaturated/α-hetero) is 1. The molecule has 2 nitrogen and oxygen atoms in total. The van der Waals surface area contributed by atoms with Gasteiger partial charge in [-0.2, -0.15) is 0 Å². The van der Waals surface area contributed by atoms with E-state index in [-0.39, 0.29) is 5.78 Å². The number of benzene rings is 1. The van der Waals surface area contributed by atoms with Crippen molar-refractivity contribution < 1.29 is 4.79 Å². The molecule has 0 radical (unpaired) electrons. The molecule has 0 saturated carbocycles. The fourth-order valence-corrected chi connectivity index (χ4v) is 1.56. The van der Waals surface area contributed by atoms with Crippen molar-refractivity contribution in [2.75, 3.05) is 5.73 Å². The van der Waals surface area contributed by atoms with Gasteiger partial charge in [-0.3, -0.25) is 4.79 Å². The van der Waals surface area contributed by atoms with Crippen LogP contribution < -0.4 is 5.73 Å². The number of halogens is 1. The summed E-state index contributed by atoms with van der Waals surface area (Å²) in [6.07, 6.45) is 0.433. The fourth-order valence-electron chi connectivity index (χ4n) is 1.00. The third-order valence-electron chi connectivity index (χ3n) is 1.58. The van der Waals surface area contributed by atoms with E-state index in [0.717, 1.165) is 14.8 Å². The molecule has 0 aliphatic heterocycles. The molecule has 0 aliphatic carbocycles. The predicted octanol–water partition coefficient (Wildman–Crippen LogP) is 2.00. The Labute approximate surface area is 85.3 Å². The predicted molar refractivity (Wildman–Crippen MR) is 58.0 cm³/mol. The number of carbonyl (C=O) groups is 1. The summed E-state index contributed by atoms with van der Waals surface area (Å²) in [4.78, 5) is 10.8. The average Bonchev–Trinajstić information content (AvgIpc) is 1.98. The molecule has 0 aliphatic rings. The topological polar surface area (TPSA) is 43.1 Å². The van der Waals surface area contributed by atoms with Crippen LogP contribution in [0.25, 0.3) is 0 Å². The lowest BCUT2D eigenvalue weighted by Crippen LogP contribution is -2.02. The maximum atomic E-state index is 10.8. The fraction of sp³-hybridized carbons (Fsp3) is 0.222. The third kappa shape index (κ3) is 2.20. The van der Waals surface area contributed by atoms with E-state index in [1.165, 1.54) is 0 Å². The van der Waals surface area contributed by atoms with Crippen LogP contribution in [0.1, 0.15) is 12.5 Å². The van der Waals surface area contributed by atoms with E-state index in [1.807, 2.05) is 18.2 Å². The zero-order valence-corrected chi connectivity index (χ0v) is 8.96. The van der Waals surface area contributed by atoms with Crippen LogP contribution in [0.3, 0.4) is 0 Å². The van der Waals surface area contributed by atoms with Crippen molar-refractivity contribution in [2.45, 2.75) is 13.3 Å². The van der Waals surface area contributed by atoms with Crippen LogP contribution >= 0.6 is 22.6 Å². The van der Waals surface area contributed by atoms with E-state index < -0.39 is 0 Å². The molecule has 64 valence electrons. The summed E-state index contributed by atoms with van der Waals surface area (Å²) in [5.41, 5.74) is 7.43. The molecule has 0 amide bonds. The van der Waals surface area contributed by atoms with Gasteiger partial charge in [0.2, 0.25) is 0 Å². The summed E-state index contributed by atoms with van der Waals surface area (Å²) >= 11 is 2.16. The van der Waals surface area contributed by atoms with Crippen molar-refractivity contribution in [3.05, 3.63) is 27.3 Å². The number of carbonyl (C=O) groups excluding carboxylic acids is 1. The lowest BCUT2D eigenvalue weighted by Gasteiger charge is -2.04. The highest BCUT2D eigenvalue weighted by atomic mass is 127. The number of para-hydroxylation sites is 1. The van der Waals surface area contributed by atoms with Gasteiger partial charge in [0.15, 0.2) is 0 Å². The molecule has 0 saturated heterocycles. The monoisotopic (exact) mass is 275 g/mol. The van der Waals surface area contributed by atoms with Gasteiger partial charge in [0, 0.05) is 15.7 Å². The van der Waals surface area contributed by atoms with E-state index in [1.54, 1.807) is 6.92 Å². The number of hydrogen-bond acceptors (Lipinski definition) is 2. The Hall–Kier alpha value is -0.580. The lowest BCUT2D eigenvalue weighted by molar-refractivity contribution is -0.116. The molecule has 0 spiro atoms. The second-order valence-corrected chi connectivity index (χ2v) is 3.85. The maximum Gasteiger partial charge on any atom is 0.134 e. The minimum atomic E-state index is 0.142. The van der Waals surface area contributed by atoms with Crippen LogP contribution in [0.5, 0.6) is 0 Å². The minimum absolute atomic E-state index is 0.142. The van der Waals surface area contributed by atoms with Crippen molar-refractivity contribution in [1.82, 2.24) is 0 Å². The number of nitrogen functional groups attached to an aromatic ring is 1. The number of nitrogens with two attached hydrogens (primary N) is 1. The number of rotatable bonds is 2. The first-order chi connectivity index (χ1) is 5.61. The van der Waals surface area contributed by atoms with Gasteiger partial charge in [-0.15, -0.1) is 0 Å². The third-order valence-corrected chi connectivity index (χ3v) is 2.52. The van der Waals surface area contributed by atoms with Crippen LogP contribution in [-0.4, -0.2) is 5.78 Å². The van der Waals surface area contributed by atoms with E-state index in [4.69, 9.17) is 5.73 Å². The van der Waals surface area contributed by atoms with Crippen molar-refractivity contribution in [3.63, 3.8) is 0 Å². The van der Waals surface area contributed by atoms with Gasteiger partial charge in [-0.05, 0) is 41.1 Å². The molecule has 3 heteroatoms. The highest BCUT2D eigenvalue weighted by Crippen LogP contribution is 2.19. The Bertz CT molecular complexity index is 309. The first-order valence-corrected chi connectivity index (χ1v) is 4.71. The second kappa shape index (κ2) is 3.89. The summed E-state index contributed by atoms with van der Waals surface area (Å²) in [5, 5.41) is 0. The zero-order valence-electron chi connectivity index (χ0n) is 6.80. The van der Waals surface area contributed by atoms with Crippen molar-refractivity contribution in [3.8, 4) is 0 Å². The summed E-state index contributed by atoms with van der Waals surface area (Å²) in [5.74, 6) is 0.142. The Balaban J connectivity index is 3.00. The van der Waals surface area contributed by atoms with E-state index >= 15 is 0 Å². The molecule has 12 heavy (non-hydrogen) atoms. The molecular formula is C9H10INO. The molecule has 2 N–H and O–H groups in total. The number of anilines is 1. The van der Waals surface area contributed by atoms with Crippen molar-refractivity contribution >= 4 is 34.1 Å². The zero-order chi connectivity index (χ0) is 9.14. The Morgan fingerprint density at radius 1 is 1.58 bits per heavy atom. The van der Waals surface area contributed by atoms with Gasteiger partial charge in [0.25, 0.3) is 0 Å². The number of ketones is 1. The van der Waals surface area contributed by atoms with Crippen LogP contribution in [0.2, 0.25) is 0 Å². The molecule has 1 rings (SSSR count). The van der Waals surface area contributed by atoms with Gasteiger partial charge in [-0.25, -0.2) is 0 Å². The summed E-state index contributed by atoms with van der Waals surface area (Å²) in [6, 6.07) is 5.73. The molecule has 0 fully saturated rings. The van der Waals surface area contributed by atoms with E-state index in [2.05, 4.69) is 22.6 Å². The molecule has 0 atom stereocenters. The SMILES string of the molecule is CC(=O)Cc1cccc(I)c1N. The van der Waals surface area contributed by atoms with Gasteiger partial charge in [0.05, 0.1) is 0 Å². The summed E-state index contributed by atoms with van der Waals surface area (Å²) in [7, 11) is 0. The summed E-state index contributed by atoms with van der Waals surface area (Å²) < 4.78 is 1.01. The molecule has 0 unspecified atom stereocenters. The van der Waals surface area contributed by atoms with Crippen molar-refractivity contribution in [2.24, 2.45) is 0 Å². The molecule has 1 aromatic carbocycles. The standard InChI is InChI=1S/C9H10INO/c1-6(12)5-7-3-2-4-8(10)9(7)11/h2-4H,5,11H2,1H3. The molecule has 1 aromatic rings. The first-order valence-electron chi connectivity index (χ1n) is 3.63. The molecule has 0 aromatic heterocycles. The number of hydrogen-bond donors (Lipinski definition) is 1. The van der Waals surface area contributed by atoms with Crippen LogP contribution in [0.4, 0.5) is 5.69 Å².